The van der Waals surface area contributed by atoms with E-state index in [0.29, 0.717) is 19.3 Å². The molecule has 0 spiro atoms. The molecule has 0 aromatic rings. The van der Waals surface area contributed by atoms with E-state index in [-0.39, 0.29) is 19.1 Å². The first-order valence-corrected chi connectivity index (χ1v) is 7.83. The first-order valence-electron chi connectivity index (χ1n) is 6.35. The van der Waals surface area contributed by atoms with Gasteiger partial charge in [-0.2, -0.15) is 17.9 Å². The average Bonchev–Trinajstić information content (AvgIpc) is 2.32. The van der Waals surface area contributed by atoms with Gasteiger partial charge < -0.3 is 9.84 Å². The van der Waals surface area contributed by atoms with Crippen LogP contribution in [0.15, 0.2) is 0 Å². The Kier molecular flexibility index (Phi) is 5.72. The van der Waals surface area contributed by atoms with E-state index in [4.69, 9.17) is 4.74 Å². The summed E-state index contributed by atoms with van der Waals surface area (Å²) in [7, 11) is -2.39. The number of nitrogens with one attached hydrogen (secondary N) is 2. The molecule has 0 amide bonds. The summed E-state index contributed by atoms with van der Waals surface area (Å²) in [5, 5.41) is 9.41. The molecule has 2 unspecified atom stereocenters. The monoisotopic (exact) mass is 294 g/mol. The van der Waals surface area contributed by atoms with Crippen molar-refractivity contribution >= 4 is 16.2 Å². The highest BCUT2D eigenvalue weighted by Gasteiger charge is 2.47. The second kappa shape index (κ2) is 6.65. The Hall–Kier alpha value is -0.700. The van der Waals surface area contributed by atoms with Gasteiger partial charge in [0, 0.05) is 13.7 Å². The zero-order valence-corrected chi connectivity index (χ0v) is 12.1. The molecule has 3 N–H and O–H groups in total. The third-order valence-corrected chi connectivity index (χ3v) is 4.81. The van der Waals surface area contributed by atoms with E-state index in [1.165, 1.54) is 7.11 Å². The van der Waals surface area contributed by atoms with Crippen LogP contribution in [-0.4, -0.2) is 45.3 Å². The second-order valence-electron chi connectivity index (χ2n) is 4.92. The Bertz CT molecular complexity index is 411. The van der Waals surface area contributed by atoms with E-state index in [0.717, 1.165) is 6.42 Å². The molecule has 7 nitrogen and oxygen atoms in total. The second-order valence-corrected chi connectivity index (χ2v) is 6.42. The molecular formula is C11H22N2O5S. The van der Waals surface area contributed by atoms with Crippen LogP contribution in [0.5, 0.6) is 0 Å². The average molecular weight is 294 g/mol. The third kappa shape index (κ3) is 4.13. The number of aliphatic carboxylic acids is 1. The lowest BCUT2D eigenvalue weighted by atomic mass is 9.74. The van der Waals surface area contributed by atoms with Crippen molar-refractivity contribution in [1.82, 2.24) is 9.44 Å². The molecule has 19 heavy (non-hydrogen) atoms. The minimum absolute atomic E-state index is 0.107. The molecular weight excluding hydrogens is 272 g/mol. The maximum absolute atomic E-state index is 11.9. The zero-order valence-electron chi connectivity index (χ0n) is 11.3. The molecule has 1 fully saturated rings. The van der Waals surface area contributed by atoms with Gasteiger partial charge in [0.05, 0.1) is 6.61 Å². The van der Waals surface area contributed by atoms with Gasteiger partial charge in [0.1, 0.15) is 5.54 Å². The Morgan fingerprint density at radius 3 is 2.68 bits per heavy atom. The van der Waals surface area contributed by atoms with Crippen molar-refractivity contribution < 1.29 is 23.1 Å². The van der Waals surface area contributed by atoms with Crippen LogP contribution in [0.1, 0.15) is 32.6 Å². The molecule has 0 heterocycles. The Morgan fingerprint density at radius 1 is 1.47 bits per heavy atom. The van der Waals surface area contributed by atoms with Gasteiger partial charge in [0.2, 0.25) is 0 Å². The molecule has 1 rings (SSSR count). The summed E-state index contributed by atoms with van der Waals surface area (Å²) >= 11 is 0. The highest BCUT2D eigenvalue weighted by Crippen LogP contribution is 2.34. The maximum Gasteiger partial charge on any atom is 0.325 e. The van der Waals surface area contributed by atoms with Crippen LogP contribution in [0.2, 0.25) is 0 Å². The first kappa shape index (κ1) is 16.4. The summed E-state index contributed by atoms with van der Waals surface area (Å²) in [5.41, 5.74) is -1.41. The van der Waals surface area contributed by atoms with E-state index < -0.39 is 21.7 Å². The van der Waals surface area contributed by atoms with Crippen LogP contribution in [0.25, 0.3) is 0 Å². The van der Waals surface area contributed by atoms with E-state index in [2.05, 4.69) is 9.44 Å². The number of rotatable bonds is 7. The Labute approximate surface area is 113 Å². The van der Waals surface area contributed by atoms with Gasteiger partial charge in [0.15, 0.2) is 0 Å². The molecule has 0 bridgehead atoms. The summed E-state index contributed by atoms with van der Waals surface area (Å²) in [6.07, 6.45) is 2.65. The van der Waals surface area contributed by atoms with Gasteiger partial charge in [-0.15, -0.1) is 0 Å². The number of carboxylic acid groups (broad SMARTS) is 1. The Morgan fingerprint density at radius 2 is 2.16 bits per heavy atom. The molecule has 1 saturated carbocycles. The van der Waals surface area contributed by atoms with E-state index in [1.54, 1.807) is 6.92 Å². The minimum atomic E-state index is -3.85. The van der Waals surface area contributed by atoms with Gasteiger partial charge in [-0.05, 0) is 18.8 Å². The summed E-state index contributed by atoms with van der Waals surface area (Å²) in [6, 6.07) is 0. The largest absolute Gasteiger partial charge is 0.480 e. The molecule has 1 aliphatic carbocycles. The van der Waals surface area contributed by atoms with E-state index in [9.17, 15) is 18.3 Å². The lowest BCUT2D eigenvalue weighted by Crippen LogP contribution is -2.62. The van der Waals surface area contributed by atoms with Gasteiger partial charge >= 0.3 is 5.97 Å². The van der Waals surface area contributed by atoms with Crippen molar-refractivity contribution in [2.75, 3.05) is 20.3 Å². The van der Waals surface area contributed by atoms with E-state index >= 15 is 0 Å². The van der Waals surface area contributed by atoms with Gasteiger partial charge in [-0.1, -0.05) is 19.8 Å². The summed E-state index contributed by atoms with van der Waals surface area (Å²) < 4.78 is 33.1. The van der Waals surface area contributed by atoms with Gasteiger partial charge in [-0.25, -0.2) is 0 Å². The van der Waals surface area contributed by atoms with Crippen LogP contribution in [0, 0.1) is 5.92 Å². The molecule has 112 valence electrons. The van der Waals surface area contributed by atoms with Gasteiger partial charge in [-0.3, -0.25) is 4.79 Å². The number of hydrogen-bond donors (Lipinski definition) is 3. The van der Waals surface area contributed by atoms with Gasteiger partial charge in [0.25, 0.3) is 10.2 Å². The van der Waals surface area contributed by atoms with Crippen molar-refractivity contribution in [3.05, 3.63) is 0 Å². The van der Waals surface area contributed by atoms with Crippen molar-refractivity contribution in [3.8, 4) is 0 Å². The third-order valence-electron chi connectivity index (χ3n) is 3.60. The SMILES string of the molecule is COCCNS(=O)(=O)NC1(C(=O)O)CCCCC1C. The first-order chi connectivity index (χ1) is 8.84. The number of carbonyl (C=O) groups is 1. The highest BCUT2D eigenvalue weighted by atomic mass is 32.2. The quantitative estimate of drug-likeness (QED) is 0.577. The molecule has 0 radical (unpaired) electrons. The Balaban J connectivity index is 2.81. The number of hydrogen-bond acceptors (Lipinski definition) is 4. The van der Waals surface area contributed by atoms with Crippen molar-refractivity contribution in [2.45, 2.75) is 38.1 Å². The number of methoxy groups -OCH3 is 1. The summed E-state index contributed by atoms with van der Waals surface area (Å²) in [5.74, 6) is -1.35. The number of carboxylic acids is 1. The molecule has 0 aliphatic heterocycles. The normalized spacial score (nSPS) is 28.2. The fourth-order valence-corrected chi connectivity index (χ4v) is 3.71. The molecule has 0 aromatic carbocycles. The molecule has 0 saturated heterocycles. The van der Waals surface area contributed by atoms with E-state index in [1.807, 2.05) is 0 Å². The fraction of sp³-hybridized carbons (Fsp3) is 0.909. The van der Waals surface area contributed by atoms with Crippen LogP contribution < -0.4 is 9.44 Å². The van der Waals surface area contributed by atoms with Crippen LogP contribution in [-0.2, 0) is 19.7 Å². The minimum Gasteiger partial charge on any atom is -0.480 e. The molecule has 0 aromatic heterocycles. The number of ether oxygens (including phenoxy) is 1. The molecule has 1 aliphatic rings. The molecule has 8 heteroatoms. The van der Waals surface area contributed by atoms with Crippen LogP contribution >= 0.6 is 0 Å². The van der Waals surface area contributed by atoms with Crippen molar-refractivity contribution in [2.24, 2.45) is 5.92 Å². The summed E-state index contributed by atoms with van der Waals surface area (Å²) in [6.45, 7) is 2.11. The smallest absolute Gasteiger partial charge is 0.325 e. The standard InChI is InChI=1S/C11H22N2O5S/c1-9-5-3-4-6-11(9,10(14)15)13-19(16,17)12-7-8-18-2/h9,12-13H,3-8H2,1-2H3,(H,14,15). The highest BCUT2D eigenvalue weighted by molar-refractivity contribution is 7.87. The fourth-order valence-electron chi connectivity index (χ4n) is 2.41. The lowest BCUT2D eigenvalue weighted by Gasteiger charge is -2.39. The van der Waals surface area contributed by atoms with Crippen molar-refractivity contribution in [3.63, 3.8) is 0 Å². The predicted octanol–water partition coefficient (Wildman–Crippen LogP) is 0.0903. The van der Waals surface area contributed by atoms with Crippen LogP contribution in [0.3, 0.4) is 0 Å². The van der Waals surface area contributed by atoms with Crippen LogP contribution in [0.4, 0.5) is 0 Å². The van der Waals surface area contributed by atoms with Crippen molar-refractivity contribution in [1.29, 1.82) is 0 Å². The lowest BCUT2D eigenvalue weighted by molar-refractivity contribution is -0.147. The topological polar surface area (TPSA) is 105 Å². The molecule has 2 atom stereocenters. The maximum atomic E-state index is 11.9. The predicted molar refractivity (Wildman–Crippen MR) is 69.9 cm³/mol. The zero-order chi connectivity index (χ0) is 14.5. The summed E-state index contributed by atoms with van der Waals surface area (Å²) in [4.78, 5) is 11.5.